The molecule has 0 spiro atoms. The maximum Gasteiger partial charge on any atom is 0.250 e. The molecule has 5 nitrogen and oxygen atoms in total. The molecular formula is C13H19N3O2. The number of aryl methyl sites for hydroxylation is 1. The zero-order valence-electron chi connectivity index (χ0n) is 10.6. The van der Waals surface area contributed by atoms with Gasteiger partial charge in [0.2, 0.25) is 5.56 Å². The van der Waals surface area contributed by atoms with Crippen LogP contribution in [0.15, 0.2) is 22.0 Å². The summed E-state index contributed by atoms with van der Waals surface area (Å²) < 4.78 is 0. The molecule has 1 aromatic heterocycles. The van der Waals surface area contributed by atoms with Crippen LogP contribution in [-0.2, 0) is 0 Å². The molecule has 0 radical (unpaired) electrons. The van der Waals surface area contributed by atoms with Crippen LogP contribution in [0.1, 0.15) is 31.4 Å². The number of H-pyrrole nitrogens is 1. The van der Waals surface area contributed by atoms with Gasteiger partial charge in [-0.05, 0) is 44.6 Å². The third-order valence-corrected chi connectivity index (χ3v) is 3.26. The number of hydrogen-bond donors (Lipinski definition) is 3. The fourth-order valence-corrected chi connectivity index (χ4v) is 2.20. The third-order valence-electron chi connectivity index (χ3n) is 3.26. The Morgan fingerprint density at radius 2 is 2.17 bits per heavy atom. The highest BCUT2D eigenvalue weighted by Gasteiger charge is 2.16. The molecule has 98 valence electrons. The van der Waals surface area contributed by atoms with Gasteiger partial charge in [-0.15, -0.1) is 0 Å². The first-order chi connectivity index (χ1) is 8.67. The number of rotatable bonds is 3. The van der Waals surface area contributed by atoms with Gasteiger partial charge in [-0.1, -0.05) is 0 Å². The number of aromatic nitrogens is 1. The highest BCUT2D eigenvalue weighted by Crippen LogP contribution is 2.21. The molecule has 0 aliphatic heterocycles. The molecule has 1 fully saturated rings. The van der Waals surface area contributed by atoms with Crippen molar-refractivity contribution in [2.45, 2.75) is 32.6 Å². The molecule has 0 amide bonds. The van der Waals surface area contributed by atoms with E-state index in [9.17, 15) is 4.79 Å². The van der Waals surface area contributed by atoms with Gasteiger partial charge < -0.3 is 10.1 Å². The first-order valence-corrected chi connectivity index (χ1v) is 6.30. The van der Waals surface area contributed by atoms with Crippen molar-refractivity contribution in [2.75, 3.05) is 12.0 Å². The zero-order valence-corrected chi connectivity index (χ0v) is 10.6. The van der Waals surface area contributed by atoms with Gasteiger partial charge in [0.15, 0.2) is 0 Å². The number of hydrazone groups is 1. The number of nitrogens with one attached hydrogen (secondary N) is 2. The Hall–Kier alpha value is -1.62. The van der Waals surface area contributed by atoms with Crippen molar-refractivity contribution in [1.29, 1.82) is 0 Å². The van der Waals surface area contributed by atoms with Gasteiger partial charge >= 0.3 is 0 Å². The van der Waals surface area contributed by atoms with E-state index in [0.29, 0.717) is 11.6 Å². The summed E-state index contributed by atoms with van der Waals surface area (Å²) in [6.45, 7) is 2.11. The lowest BCUT2D eigenvalue weighted by Crippen LogP contribution is -2.18. The Kier molecular flexibility index (Phi) is 4.15. The summed E-state index contributed by atoms with van der Waals surface area (Å²) >= 11 is 0. The molecule has 0 atom stereocenters. The summed E-state index contributed by atoms with van der Waals surface area (Å²) in [4.78, 5) is 14.0. The minimum atomic E-state index is -0.123. The second-order valence-corrected chi connectivity index (χ2v) is 4.83. The quantitative estimate of drug-likeness (QED) is 0.712. The Balaban J connectivity index is 1.96. The summed E-state index contributed by atoms with van der Waals surface area (Å²) in [6, 6.07) is 3.35. The van der Waals surface area contributed by atoms with Crippen LogP contribution < -0.4 is 11.0 Å². The van der Waals surface area contributed by atoms with Crippen LogP contribution in [0.2, 0.25) is 0 Å². The van der Waals surface area contributed by atoms with Gasteiger partial charge in [0, 0.05) is 24.1 Å². The Morgan fingerprint density at radius 1 is 1.44 bits per heavy atom. The summed E-state index contributed by atoms with van der Waals surface area (Å²) in [5.74, 6) is 0.422. The van der Waals surface area contributed by atoms with Crippen LogP contribution >= 0.6 is 0 Å². The van der Waals surface area contributed by atoms with Gasteiger partial charge in [0.1, 0.15) is 0 Å². The SMILES string of the molecule is Cc1cc(NN=C2CCC(CO)CC2)cc(=O)[nH]1. The average Bonchev–Trinajstić information content (AvgIpc) is 2.36. The molecule has 1 aromatic rings. The van der Waals surface area contributed by atoms with E-state index in [1.165, 1.54) is 6.07 Å². The van der Waals surface area contributed by atoms with Crippen LogP contribution in [0.4, 0.5) is 5.69 Å². The molecule has 18 heavy (non-hydrogen) atoms. The number of pyridine rings is 1. The van der Waals surface area contributed by atoms with Crippen molar-refractivity contribution in [1.82, 2.24) is 4.98 Å². The van der Waals surface area contributed by atoms with Crippen LogP contribution in [0.5, 0.6) is 0 Å². The molecule has 5 heteroatoms. The summed E-state index contributed by atoms with van der Waals surface area (Å²) in [5.41, 5.74) is 5.45. The molecule has 2 rings (SSSR count). The van der Waals surface area contributed by atoms with Crippen LogP contribution in [0.3, 0.4) is 0 Å². The lowest BCUT2D eigenvalue weighted by molar-refractivity contribution is 0.209. The molecule has 0 aromatic carbocycles. The van der Waals surface area contributed by atoms with Crippen LogP contribution in [0, 0.1) is 12.8 Å². The van der Waals surface area contributed by atoms with Gasteiger partial charge in [0.05, 0.1) is 5.69 Å². The minimum absolute atomic E-state index is 0.123. The second-order valence-electron chi connectivity index (χ2n) is 4.83. The predicted octanol–water partition coefficient (Wildman–Crippen LogP) is 1.63. The van der Waals surface area contributed by atoms with E-state index >= 15 is 0 Å². The molecule has 1 heterocycles. The van der Waals surface area contributed by atoms with E-state index in [4.69, 9.17) is 5.11 Å². The maximum absolute atomic E-state index is 11.3. The smallest absolute Gasteiger partial charge is 0.250 e. The first kappa shape index (κ1) is 12.8. The van der Waals surface area contributed by atoms with E-state index < -0.39 is 0 Å². The van der Waals surface area contributed by atoms with E-state index in [-0.39, 0.29) is 12.2 Å². The van der Waals surface area contributed by atoms with E-state index in [2.05, 4.69) is 15.5 Å². The van der Waals surface area contributed by atoms with Crippen molar-refractivity contribution < 1.29 is 5.11 Å². The lowest BCUT2D eigenvalue weighted by Gasteiger charge is -2.20. The number of anilines is 1. The van der Waals surface area contributed by atoms with Gasteiger partial charge in [-0.2, -0.15) is 5.10 Å². The van der Waals surface area contributed by atoms with Crippen LogP contribution in [-0.4, -0.2) is 22.4 Å². The molecule has 0 bridgehead atoms. The van der Waals surface area contributed by atoms with Gasteiger partial charge in [-0.3, -0.25) is 10.2 Å². The minimum Gasteiger partial charge on any atom is -0.396 e. The van der Waals surface area contributed by atoms with E-state index in [1.807, 2.05) is 13.0 Å². The Morgan fingerprint density at radius 3 is 2.78 bits per heavy atom. The highest BCUT2D eigenvalue weighted by molar-refractivity contribution is 5.85. The number of hydrogen-bond acceptors (Lipinski definition) is 4. The third kappa shape index (κ3) is 3.43. The molecule has 1 saturated carbocycles. The number of nitrogens with zero attached hydrogens (tertiary/aromatic N) is 1. The van der Waals surface area contributed by atoms with E-state index in [0.717, 1.165) is 37.1 Å². The van der Waals surface area contributed by atoms with Crippen molar-refractivity contribution in [3.8, 4) is 0 Å². The summed E-state index contributed by atoms with van der Waals surface area (Å²) in [6.07, 6.45) is 3.82. The standard InChI is InChI=1S/C13H19N3O2/c1-9-6-12(7-13(18)14-9)16-15-11-4-2-10(8-17)3-5-11/h6-7,10,17H,2-5,8H2,1H3,(H2,14,16,18). The highest BCUT2D eigenvalue weighted by atomic mass is 16.3. The molecule has 0 saturated heterocycles. The number of aromatic amines is 1. The fraction of sp³-hybridized carbons (Fsp3) is 0.538. The average molecular weight is 249 g/mol. The summed E-state index contributed by atoms with van der Waals surface area (Å²) in [5, 5.41) is 13.4. The fourth-order valence-electron chi connectivity index (χ4n) is 2.20. The van der Waals surface area contributed by atoms with Gasteiger partial charge in [-0.25, -0.2) is 0 Å². The molecule has 0 unspecified atom stereocenters. The molecule has 1 aliphatic rings. The second kappa shape index (κ2) is 5.82. The van der Waals surface area contributed by atoms with Crippen molar-refractivity contribution in [2.24, 2.45) is 11.0 Å². The van der Waals surface area contributed by atoms with E-state index in [1.54, 1.807) is 0 Å². The number of aliphatic hydroxyl groups is 1. The summed E-state index contributed by atoms with van der Waals surface area (Å²) in [7, 11) is 0. The maximum atomic E-state index is 11.3. The van der Waals surface area contributed by atoms with Crippen molar-refractivity contribution in [3.63, 3.8) is 0 Å². The topological polar surface area (TPSA) is 77.5 Å². The predicted molar refractivity (Wildman–Crippen MR) is 71.9 cm³/mol. The van der Waals surface area contributed by atoms with Crippen LogP contribution in [0.25, 0.3) is 0 Å². The normalized spacial score (nSPS) is 19.7. The van der Waals surface area contributed by atoms with Crippen molar-refractivity contribution >= 4 is 11.4 Å². The zero-order chi connectivity index (χ0) is 13.0. The molecule has 3 N–H and O–H groups in total. The largest absolute Gasteiger partial charge is 0.396 e. The monoisotopic (exact) mass is 249 g/mol. The first-order valence-electron chi connectivity index (χ1n) is 6.30. The molecular weight excluding hydrogens is 230 g/mol. The van der Waals surface area contributed by atoms with Crippen molar-refractivity contribution in [3.05, 3.63) is 28.2 Å². The lowest BCUT2D eigenvalue weighted by atomic mass is 9.89. The van der Waals surface area contributed by atoms with Gasteiger partial charge in [0.25, 0.3) is 0 Å². The molecule has 1 aliphatic carbocycles. The number of aliphatic hydroxyl groups excluding tert-OH is 1. The Labute approximate surface area is 106 Å². The Bertz CT molecular complexity index is 483.